The molecule has 1 unspecified atom stereocenters. The average Bonchev–Trinajstić information content (AvgIpc) is 1.86. The lowest BCUT2D eigenvalue weighted by Gasteiger charge is -2.28. The molecule has 11 heavy (non-hydrogen) atoms. The van der Waals surface area contributed by atoms with Gasteiger partial charge in [-0.2, -0.15) is 0 Å². The van der Waals surface area contributed by atoms with Crippen molar-refractivity contribution in [3.63, 3.8) is 0 Å². The molecule has 0 aromatic rings. The van der Waals surface area contributed by atoms with E-state index in [-0.39, 0.29) is 18.8 Å². The van der Waals surface area contributed by atoms with Gasteiger partial charge in [0.2, 0.25) is 5.92 Å². The lowest BCUT2D eigenvalue weighted by atomic mass is 9.84. The number of hydrogen-bond donors (Lipinski definition) is 0. The monoisotopic (exact) mass is 163 g/mol. The van der Waals surface area contributed by atoms with Crippen molar-refractivity contribution in [1.82, 2.24) is 0 Å². The van der Waals surface area contributed by atoms with E-state index in [1.807, 2.05) is 0 Å². The summed E-state index contributed by atoms with van der Waals surface area (Å²) in [6.45, 7) is 1.56. The van der Waals surface area contributed by atoms with Gasteiger partial charge in [0.05, 0.1) is 6.10 Å². The van der Waals surface area contributed by atoms with Gasteiger partial charge in [-0.15, -0.1) is 0 Å². The Kier molecular flexibility index (Phi) is 2.47. The van der Waals surface area contributed by atoms with Crippen LogP contribution in [0.15, 0.2) is 0 Å². The van der Waals surface area contributed by atoms with E-state index in [0.717, 1.165) is 0 Å². The Balaban J connectivity index is 2.36. The molecule has 0 spiro atoms. The molecule has 1 nitrogen and oxygen atoms in total. The lowest BCUT2D eigenvalue weighted by Crippen LogP contribution is -2.29. The Morgan fingerprint density at radius 1 is 1.36 bits per heavy atom. The zero-order valence-corrected chi connectivity index (χ0v) is 6.65. The van der Waals surface area contributed by atoms with Crippen molar-refractivity contribution in [1.29, 1.82) is 0 Å². The molecule has 0 bridgehead atoms. The quantitative estimate of drug-likeness (QED) is 0.566. The highest BCUT2D eigenvalue weighted by Gasteiger charge is 2.36. The molecule has 0 saturated heterocycles. The fourth-order valence-corrected chi connectivity index (χ4v) is 1.53. The zero-order chi connectivity index (χ0) is 8.48. The first kappa shape index (κ1) is 8.91. The van der Waals surface area contributed by atoms with Crippen LogP contribution < -0.4 is 0 Å². The molecule has 65 valence electrons. The van der Waals surface area contributed by atoms with Crippen LogP contribution in [0.25, 0.3) is 0 Å². The molecule has 0 N–H and O–H groups in total. The highest BCUT2D eigenvalue weighted by Crippen LogP contribution is 2.37. The summed E-state index contributed by atoms with van der Waals surface area (Å²) in [7, 11) is 0. The maximum absolute atomic E-state index is 12.5. The highest BCUT2D eigenvalue weighted by atomic mass is 19.3. The minimum absolute atomic E-state index is 0.0189. The molecule has 0 aliphatic heterocycles. The van der Waals surface area contributed by atoms with Crippen LogP contribution in [0.1, 0.15) is 32.6 Å². The Bertz CT molecular complexity index is 124. The first-order valence-electron chi connectivity index (χ1n) is 4.05. The van der Waals surface area contributed by atoms with Crippen LogP contribution in [0.4, 0.5) is 8.78 Å². The molecule has 0 aromatic heterocycles. The fraction of sp³-hybridized carbons (Fsp3) is 1.00. The molecule has 1 fully saturated rings. The second-order valence-electron chi connectivity index (χ2n) is 3.40. The van der Waals surface area contributed by atoms with E-state index in [2.05, 4.69) is 0 Å². The summed E-state index contributed by atoms with van der Waals surface area (Å²) in [6, 6.07) is 0. The van der Waals surface area contributed by atoms with Crippen LogP contribution in [0.3, 0.4) is 0 Å². The summed E-state index contributed by atoms with van der Waals surface area (Å²) in [6.07, 6.45) is -0.0600. The van der Waals surface area contributed by atoms with Gasteiger partial charge in [0.15, 0.2) is 0 Å². The Labute approximate surface area is 65.4 Å². The largest absolute Gasteiger partial charge is 0.248 e. The van der Waals surface area contributed by atoms with Crippen molar-refractivity contribution in [3.8, 4) is 0 Å². The van der Waals surface area contributed by atoms with Gasteiger partial charge in [0.1, 0.15) is 0 Å². The Morgan fingerprint density at radius 3 is 2.18 bits per heavy atom. The van der Waals surface area contributed by atoms with Gasteiger partial charge in [-0.05, 0) is 25.7 Å². The summed E-state index contributed by atoms with van der Waals surface area (Å²) in [5.41, 5.74) is 0. The summed E-state index contributed by atoms with van der Waals surface area (Å²) in [4.78, 5) is 0. The van der Waals surface area contributed by atoms with Crippen LogP contribution in [-0.2, 0) is 5.11 Å². The summed E-state index contributed by atoms with van der Waals surface area (Å²) in [5.74, 6) is -2.51. The van der Waals surface area contributed by atoms with E-state index < -0.39 is 12.0 Å². The second kappa shape index (κ2) is 3.05. The standard InChI is InChI=1S/C8H13F2O/c1-6(11)7-2-4-8(9,10)5-3-7/h6-7H,2-5H2,1H3. The molecule has 1 aliphatic carbocycles. The van der Waals surface area contributed by atoms with Gasteiger partial charge >= 0.3 is 0 Å². The minimum atomic E-state index is -2.49. The SMILES string of the molecule is CC([O])C1CCC(F)(F)CC1. The van der Waals surface area contributed by atoms with Crippen molar-refractivity contribution in [3.05, 3.63) is 0 Å². The van der Waals surface area contributed by atoms with Crippen molar-refractivity contribution < 1.29 is 13.9 Å². The van der Waals surface area contributed by atoms with Gasteiger partial charge in [0, 0.05) is 12.8 Å². The van der Waals surface area contributed by atoms with Gasteiger partial charge in [0.25, 0.3) is 0 Å². The van der Waals surface area contributed by atoms with E-state index >= 15 is 0 Å². The maximum atomic E-state index is 12.5. The molecular weight excluding hydrogens is 150 g/mol. The predicted molar refractivity (Wildman–Crippen MR) is 37.1 cm³/mol. The Hall–Kier alpha value is -0.180. The van der Waals surface area contributed by atoms with Crippen molar-refractivity contribution in [2.75, 3.05) is 0 Å². The molecular formula is C8H13F2O. The van der Waals surface area contributed by atoms with E-state index in [9.17, 15) is 13.9 Å². The third kappa shape index (κ3) is 2.40. The normalized spacial score (nSPS) is 28.4. The molecule has 3 heteroatoms. The van der Waals surface area contributed by atoms with Crippen molar-refractivity contribution >= 4 is 0 Å². The van der Waals surface area contributed by atoms with E-state index in [0.29, 0.717) is 12.8 Å². The minimum Gasteiger partial charge on any atom is -0.233 e. The van der Waals surface area contributed by atoms with Gasteiger partial charge in [-0.25, -0.2) is 13.9 Å². The summed E-state index contributed by atoms with van der Waals surface area (Å²) >= 11 is 0. The van der Waals surface area contributed by atoms with Crippen LogP contribution in [0.5, 0.6) is 0 Å². The smallest absolute Gasteiger partial charge is 0.233 e. The molecule has 0 amide bonds. The average molecular weight is 163 g/mol. The molecule has 1 saturated carbocycles. The van der Waals surface area contributed by atoms with Crippen molar-refractivity contribution in [2.24, 2.45) is 5.92 Å². The van der Waals surface area contributed by atoms with Crippen LogP contribution in [0.2, 0.25) is 0 Å². The molecule has 0 heterocycles. The van der Waals surface area contributed by atoms with E-state index in [1.165, 1.54) is 0 Å². The first-order chi connectivity index (χ1) is 5.01. The van der Waals surface area contributed by atoms with Crippen LogP contribution in [0, 0.1) is 5.92 Å². The molecule has 1 radical (unpaired) electrons. The topological polar surface area (TPSA) is 19.9 Å². The summed E-state index contributed by atoms with van der Waals surface area (Å²) in [5, 5.41) is 10.8. The highest BCUT2D eigenvalue weighted by molar-refractivity contribution is 4.79. The lowest BCUT2D eigenvalue weighted by molar-refractivity contribution is -0.0685. The van der Waals surface area contributed by atoms with Crippen molar-refractivity contribution in [2.45, 2.75) is 44.6 Å². The molecule has 1 aliphatic rings. The van der Waals surface area contributed by atoms with Gasteiger partial charge in [-0.1, -0.05) is 0 Å². The predicted octanol–water partition coefficient (Wildman–Crippen LogP) is 2.63. The molecule has 1 atom stereocenters. The number of rotatable bonds is 1. The third-order valence-corrected chi connectivity index (χ3v) is 2.43. The molecule has 1 rings (SSSR count). The second-order valence-corrected chi connectivity index (χ2v) is 3.40. The third-order valence-electron chi connectivity index (χ3n) is 2.43. The fourth-order valence-electron chi connectivity index (χ4n) is 1.53. The molecule has 0 aromatic carbocycles. The summed E-state index contributed by atoms with van der Waals surface area (Å²) < 4.78 is 25.1. The number of alkyl halides is 2. The number of halogens is 2. The zero-order valence-electron chi connectivity index (χ0n) is 6.65. The van der Waals surface area contributed by atoms with E-state index in [1.54, 1.807) is 6.92 Å². The van der Waals surface area contributed by atoms with Gasteiger partial charge in [-0.3, -0.25) is 0 Å². The van der Waals surface area contributed by atoms with E-state index in [4.69, 9.17) is 0 Å². The first-order valence-corrected chi connectivity index (χ1v) is 4.05. The van der Waals surface area contributed by atoms with Gasteiger partial charge < -0.3 is 0 Å². The Morgan fingerprint density at radius 2 is 1.82 bits per heavy atom. The number of hydrogen-bond acceptors (Lipinski definition) is 0. The van der Waals surface area contributed by atoms with Crippen LogP contribution in [-0.4, -0.2) is 12.0 Å². The maximum Gasteiger partial charge on any atom is 0.248 e. The van der Waals surface area contributed by atoms with Crippen LogP contribution >= 0.6 is 0 Å².